The molecule has 6 heteroatoms. The van der Waals surface area contributed by atoms with Crippen LogP contribution >= 0.6 is 0 Å². The molecule has 0 N–H and O–H groups in total. The summed E-state index contributed by atoms with van der Waals surface area (Å²) in [4.78, 5) is 24.8. The number of esters is 2. The van der Waals surface area contributed by atoms with Gasteiger partial charge in [0.25, 0.3) is 8.32 Å². The lowest BCUT2D eigenvalue weighted by molar-refractivity contribution is -0.156. The summed E-state index contributed by atoms with van der Waals surface area (Å²) in [5.41, 5.74) is 5.12. The molecule has 0 fully saturated rings. The molecule has 0 aliphatic carbocycles. The van der Waals surface area contributed by atoms with Crippen LogP contribution in [0.4, 0.5) is 0 Å². The van der Waals surface area contributed by atoms with E-state index in [-0.39, 0.29) is 18.3 Å². The summed E-state index contributed by atoms with van der Waals surface area (Å²) in [5, 5.41) is 2.02. The summed E-state index contributed by atoms with van der Waals surface area (Å²) in [6.07, 6.45) is 13.6. The number of hydrogen-bond donors (Lipinski definition) is 0. The van der Waals surface area contributed by atoms with Crippen molar-refractivity contribution in [2.45, 2.75) is 112 Å². The molecule has 2 aromatic carbocycles. The van der Waals surface area contributed by atoms with Crippen molar-refractivity contribution in [2.24, 2.45) is 0 Å². The van der Waals surface area contributed by atoms with Gasteiger partial charge in [-0.15, -0.1) is 0 Å². The standard InChI is InChI=1S/C41H58O5Si/c1-32(2)19-16-20-33(3)21-17-22-34(4)23-18-24-35(5)29-40(43)44-30-37(46-36(6)42)31-45-47(41(7,8)9,38-25-12-10-13-26-38)39-27-14-11-15-28-39/h10-15,19,21,23,25-29,37H,16-18,20,22,24,30-31H2,1-9H3/b33-21+,34-23+,35-29+/t37-/m0/s1. The fourth-order valence-corrected chi connectivity index (χ4v) is 10.3. The number of carbonyl (C=O) groups excluding carboxylic acids is 2. The molecule has 0 heterocycles. The molecule has 0 saturated carbocycles. The van der Waals surface area contributed by atoms with Crippen molar-refractivity contribution >= 4 is 30.6 Å². The maximum Gasteiger partial charge on any atom is 0.330 e. The molecule has 0 aromatic heterocycles. The van der Waals surface area contributed by atoms with E-state index in [0.717, 1.165) is 54.5 Å². The first-order chi connectivity index (χ1) is 22.2. The molecule has 0 aliphatic rings. The molecular weight excluding hydrogens is 601 g/mol. The van der Waals surface area contributed by atoms with Gasteiger partial charge in [0.05, 0.1) is 6.61 Å². The van der Waals surface area contributed by atoms with E-state index in [0.29, 0.717) is 0 Å². The first-order valence-corrected chi connectivity index (χ1v) is 18.9. The fourth-order valence-electron chi connectivity index (χ4n) is 5.71. The molecule has 0 saturated heterocycles. The highest BCUT2D eigenvalue weighted by molar-refractivity contribution is 6.99. The van der Waals surface area contributed by atoms with Gasteiger partial charge in [0.15, 0.2) is 6.10 Å². The van der Waals surface area contributed by atoms with E-state index in [1.807, 2.05) is 43.3 Å². The van der Waals surface area contributed by atoms with Gasteiger partial charge >= 0.3 is 11.9 Å². The van der Waals surface area contributed by atoms with Crippen molar-refractivity contribution in [3.63, 3.8) is 0 Å². The summed E-state index contributed by atoms with van der Waals surface area (Å²) in [6.45, 7) is 18.6. The maximum absolute atomic E-state index is 12.8. The minimum atomic E-state index is -2.85. The van der Waals surface area contributed by atoms with Crippen molar-refractivity contribution in [2.75, 3.05) is 13.2 Å². The minimum absolute atomic E-state index is 0.0827. The Bertz CT molecular complexity index is 1340. The smallest absolute Gasteiger partial charge is 0.330 e. The van der Waals surface area contributed by atoms with E-state index in [1.165, 1.54) is 29.7 Å². The van der Waals surface area contributed by atoms with Crippen molar-refractivity contribution in [1.82, 2.24) is 0 Å². The zero-order valence-corrected chi connectivity index (χ0v) is 31.4. The van der Waals surface area contributed by atoms with Crippen molar-refractivity contribution in [1.29, 1.82) is 0 Å². The van der Waals surface area contributed by atoms with Gasteiger partial charge in [-0.2, -0.15) is 0 Å². The van der Waals surface area contributed by atoms with E-state index >= 15 is 0 Å². The second-order valence-corrected chi connectivity index (χ2v) is 18.1. The second kappa shape index (κ2) is 20.0. The van der Waals surface area contributed by atoms with E-state index < -0.39 is 26.4 Å². The van der Waals surface area contributed by atoms with Gasteiger partial charge < -0.3 is 13.9 Å². The highest BCUT2D eigenvalue weighted by Crippen LogP contribution is 2.37. The van der Waals surface area contributed by atoms with Crippen molar-refractivity contribution < 1.29 is 23.5 Å². The minimum Gasteiger partial charge on any atom is -0.458 e. The zero-order valence-electron chi connectivity index (χ0n) is 30.4. The quantitative estimate of drug-likeness (QED) is 0.0692. The fraction of sp³-hybridized carbons (Fsp3) is 0.463. The Balaban J connectivity index is 2.01. The average molecular weight is 659 g/mol. The first kappa shape index (κ1) is 39.7. The van der Waals surface area contributed by atoms with Crippen LogP contribution in [0.3, 0.4) is 0 Å². The molecular formula is C41H58O5Si. The van der Waals surface area contributed by atoms with Crippen LogP contribution in [0.15, 0.2) is 107 Å². The van der Waals surface area contributed by atoms with E-state index in [4.69, 9.17) is 13.9 Å². The molecule has 0 bridgehead atoms. The van der Waals surface area contributed by atoms with Gasteiger partial charge in [0.1, 0.15) is 6.61 Å². The SMILES string of the molecule is CC(=O)O[C@@H](COC(=O)/C=C(\C)CC/C=C(\C)CC/C=C(\C)CCC=C(C)C)CO[Si](c1ccccc1)(c1ccccc1)C(C)(C)C. The van der Waals surface area contributed by atoms with Crippen LogP contribution in [0, 0.1) is 0 Å². The van der Waals surface area contributed by atoms with Crippen LogP contribution in [0.5, 0.6) is 0 Å². The molecule has 0 aliphatic heterocycles. The molecule has 1 atom stereocenters. The van der Waals surface area contributed by atoms with Crippen LogP contribution in [0.2, 0.25) is 5.04 Å². The van der Waals surface area contributed by atoms with Gasteiger partial charge in [-0.3, -0.25) is 4.79 Å². The van der Waals surface area contributed by atoms with Crippen molar-refractivity contribution in [3.8, 4) is 0 Å². The van der Waals surface area contributed by atoms with Gasteiger partial charge in [-0.05, 0) is 88.6 Å². The van der Waals surface area contributed by atoms with Crippen LogP contribution in [0.25, 0.3) is 0 Å². The third kappa shape index (κ3) is 14.0. The topological polar surface area (TPSA) is 61.8 Å². The number of benzene rings is 2. The Morgan fingerprint density at radius 2 is 1.15 bits per heavy atom. The van der Waals surface area contributed by atoms with Gasteiger partial charge in [-0.1, -0.05) is 122 Å². The number of ether oxygens (including phenoxy) is 2. The summed E-state index contributed by atoms with van der Waals surface area (Å²) in [5.74, 6) is -0.889. The summed E-state index contributed by atoms with van der Waals surface area (Å²) >= 11 is 0. The lowest BCUT2D eigenvalue weighted by atomic mass is 10.0. The van der Waals surface area contributed by atoms with Gasteiger partial charge in [0, 0.05) is 13.0 Å². The molecule has 0 amide bonds. The predicted molar refractivity (Wildman–Crippen MR) is 198 cm³/mol. The molecule has 0 spiro atoms. The Morgan fingerprint density at radius 1 is 0.681 bits per heavy atom. The average Bonchev–Trinajstić information content (AvgIpc) is 3.00. The Kier molecular flexibility index (Phi) is 16.9. The Labute approximate surface area is 285 Å². The molecule has 256 valence electrons. The maximum atomic E-state index is 12.8. The molecule has 2 rings (SSSR count). The number of hydrogen-bond acceptors (Lipinski definition) is 5. The molecule has 5 nitrogen and oxygen atoms in total. The normalized spacial score (nSPS) is 13.6. The van der Waals surface area contributed by atoms with Gasteiger partial charge in [0.2, 0.25) is 0 Å². The number of allylic oxidation sites excluding steroid dienone is 7. The molecule has 2 aromatic rings. The monoisotopic (exact) mass is 658 g/mol. The van der Waals surface area contributed by atoms with Crippen LogP contribution in [-0.2, 0) is 23.5 Å². The third-order valence-electron chi connectivity index (χ3n) is 8.17. The van der Waals surface area contributed by atoms with E-state index in [9.17, 15) is 9.59 Å². The van der Waals surface area contributed by atoms with Gasteiger partial charge in [-0.25, -0.2) is 4.79 Å². The number of rotatable bonds is 18. The lowest BCUT2D eigenvalue weighted by Crippen LogP contribution is -2.67. The van der Waals surface area contributed by atoms with Crippen LogP contribution in [-0.4, -0.2) is 39.6 Å². The predicted octanol–water partition coefficient (Wildman–Crippen LogP) is 9.18. The van der Waals surface area contributed by atoms with Crippen LogP contribution < -0.4 is 10.4 Å². The zero-order chi connectivity index (χ0) is 34.9. The second-order valence-electron chi connectivity index (χ2n) is 13.8. The van der Waals surface area contributed by atoms with E-state index in [2.05, 4.69) is 91.0 Å². The Morgan fingerprint density at radius 3 is 1.60 bits per heavy atom. The Hall–Kier alpha value is -3.48. The largest absolute Gasteiger partial charge is 0.458 e. The molecule has 47 heavy (non-hydrogen) atoms. The third-order valence-corrected chi connectivity index (χ3v) is 13.2. The van der Waals surface area contributed by atoms with E-state index in [1.54, 1.807) is 0 Å². The van der Waals surface area contributed by atoms with Crippen molar-refractivity contribution in [3.05, 3.63) is 107 Å². The highest BCUT2D eigenvalue weighted by atomic mass is 28.4. The highest BCUT2D eigenvalue weighted by Gasteiger charge is 2.50. The first-order valence-electron chi connectivity index (χ1n) is 17.0. The lowest BCUT2D eigenvalue weighted by Gasteiger charge is -2.43. The van der Waals surface area contributed by atoms with Crippen LogP contribution in [0.1, 0.15) is 101 Å². The summed E-state index contributed by atoms with van der Waals surface area (Å²) < 4.78 is 18.1. The molecule has 0 radical (unpaired) electrons. The summed E-state index contributed by atoms with van der Waals surface area (Å²) in [6, 6.07) is 20.6. The number of carbonyl (C=O) groups is 2. The molecule has 0 unspecified atom stereocenters. The summed E-state index contributed by atoms with van der Waals surface area (Å²) in [7, 11) is -2.85.